The molecular formula is C20H23FN4O. The third-order valence-electron chi connectivity index (χ3n) is 6.54. The zero-order chi connectivity index (χ0) is 17.9. The first-order valence-corrected chi connectivity index (χ1v) is 9.42. The molecule has 0 aromatic carbocycles. The smallest absolute Gasteiger partial charge is 0.268 e. The molecule has 4 fully saturated rings. The Morgan fingerprint density at radius 1 is 1.19 bits per heavy atom. The fourth-order valence-electron chi connectivity index (χ4n) is 5.93. The number of aromatic nitrogens is 2. The average Bonchev–Trinajstić information content (AvgIpc) is 3.05. The number of nitrogens with two attached hydrogens (primary N) is 1. The van der Waals surface area contributed by atoms with E-state index in [0.717, 1.165) is 43.2 Å². The highest BCUT2D eigenvalue weighted by atomic mass is 19.1. The van der Waals surface area contributed by atoms with Crippen LogP contribution >= 0.6 is 0 Å². The summed E-state index contributed by atoms with van der Waals surface area (Å²) in [6.45, 7) is 0. The number of hydrogen-bond donors (Lipinski definition) is 3. The van der Waals surface area contributed by atoms with Crippen LogP contribution in [0.25, 0.3) is 11.1 Å². The fraction of sp³-hybridized carbons (Fsp3) is 0.500. The van der Waals surface area contributed by atoms with E-state index < -0.39 is 5.82 Å². The lowest BCUT2D eigenvalue weighted by atomic mass is 9.53. The second-order valence-corrected chi connectivity index (χ2v) is 8.54. The molecule has 0 saturated heterocycles. The number of halogens is 1. The van der Waals surface area contributed by atoms with Crippen molar-refractivity contribution in [3.8, 4) is 11.1 Å². The predicted molar refractivity (Wildman–Crippen MR) is 96.8 cm³/mol. The molecule has 136 valence electrons. The van der Waals surface area contributed by atoms with Crippen LogP contribution in [0.1, 0.15) is 49.0 Å². The van der Waals surface area contributed by atoms with Gasteiger partial charge in [-0.3, -0.25) is 4.79 Å². The third kappa shape index (κ3) is 2.59. The summed E-state index contributed by atoms with van der Waals surface area (Å²) in [6.07, 6.45) is 10.1. The highest BCUT2D eigenvalue weighted by Crippen LogP contribution is 2.55. The number of hydrogen-bond acceptors (Lipinski definition) is 3. The van der Waals surface area contributed by atoms with Gasteiger partial charge < -0.3 is 16.0 Å². The first kappa shape index (κ1) is 15.9. The molecule has 0 atom stereocenters. The van der Waals surface area contributed by atoms with Crippen molar-refractivity contribution >= 4 is 11.7 Å². The fourth-order valence-corrected chi connectivity index (χ4v) is 5.93. The van der Waals surface area contributed by atoms with Gasteiger partial charge in [0.15, 0.2) is 0 Å². The van der Waals surface area contributed by atoms with Crippen molar-refractivity contribution in [3.05, 3.63) is 36.0 Å². The molecule has 4 bridgehead atoms. The van der Waals surface area contributed by atoms with Crippen molar-refractivity contribution in [2.45, 2.75) is 44.1 Å². The molecule has 0 aliphatic heterocycles. The predicted octanol–water partition coefficient (Wildman–Crippen LogP) is 3.50. The summed E-state index contributed by atoms with van der Waals surface area (Å²) in [5.74, 6) is 2.05. The van der Waals surface area contributed by atoms with Gasteiger partial charge in [-0.15, -0.1) is 0 Å². The second kappa shape index (κ2) is 5.56. The molecule has 5 nitrogen and oxygen atoms in total. The van der Waals surface area contributed by atoms with E-state index in [2.05, 4.69) is 15.3 Å². The van der Waals surface area contributed by atoms with Crippen molar-refractivity contribution in [2.24, 2.45) is 17.8 Å². The van der Waals surface area contributed by atoms with Gasteiger partial charge >= 0.3 is 0 Å². The minimum atomic E-state index is -0.449. The second-order valence-electron chi connectivity index (χ2n) is 8.54. The molecular weight excluding hydrogens is 331 g/mol. The number of nitrogen functional groups attached to an aromatic ring is 1. The number of H-pyrrole nitrogens is 1. The Kier molecular flexibility index (Phi) is 3.39. The standard InChI is InChI=1S/C20H23FN4O/c21-15-5-16(18(22)24-10-15)14-4-17(23-9-14)19(26)25-20-6-11-1-12(7-20)3-13(2-11)8-20/h4-5,9-13,23H,1-3,6-8H2,(H2,22,24)(H,25,26). The lowest BCUT2D eigenvalue weighted by Crippen LogP contribution is -2.59. The highest BCUT2D eigenvalue weighted by Gasteiger charge is 2.51. The van der Waals surface area contributed by atoms with E-state index in [4.69, 9.17) is 5.73 Å². The number of carbonyl (C=O) groups excluding carboxylic acids is 1. The Morgan fingerprint density at radius 2 is 1.85 bits per heavy atom. The molecule has 0 radical (unpaired) electrons. The first-order valence-electron chi connectivity index (χ1n) is 9.42. The molecule has 4 saturated carbocycles. The van der Waals surface area contributed by atoms with E-state index in [1.54, 1.807) is 12.3 Å². The van der Waals surface area contributed by atoms with Crippen molar-refractivity contribution in [1.82, 2.24) is 15.3 Å². The Bertz CT molecular complexity index is 839. The van der Waals surface area contributed by atoms with Crippen LogP contribution in [0, 0.1) is 23.6 Å². The maximum atomic E-state index is 13.5. The van der Waals surface area contributed by atoms with Gasteiger partial charge in [0.05, 0.1) is 6.20 Å². The maximum absolute atomic E-state index is 13.5. The molecule has 0 spiro atoms. The van der Waals surface area contributed by atoms with Gasteiger partial charge in [-0.2, -0.15) is 0 Å². The van der Waals surface area contributed by atoms with Crippen molar-refractivity contribution in [3.63, 3.8) is 0 Å². The molecule has 4 aliphatic carbocycles. The minimum absolute atomic E-state index is 0.0312. The van der Waals surface area contributed by atoms with Crippen LogP contribution in [0.15, 0.2) is 24.5 Å². The van der Waals surface area contributed by atoms with E-state index >= 15 is 0 Å². The number of nitrogens with one attached hydrogen (secondary N) is 2. The van der Waals surface area contributed by atoms with Crippen LogP contribution in [0.3, 0.4) is 0 Å². The van der Waals surface area contributed by atoms with Gasteiger partial charge in [-0.25, -0.2) is 9.37 Å². The summed E-state index contributed by atoms with van der Waals surface area (Å²) < 4.78 is 13.5. The van der Waals surface area contributed by atoms with Gasteiger partial charge in [0.2, 0.25) is 0 Å². The van der Waals surface area contributed by atoms with Crippen LogP contribution in [-0.4, -0.2) is 21.4 Å². The van der Waals surface area contributed by atoms with Gasteiger partial charge in [0.1, 0.15) is 17.3 Å². The van der Waals surface area contributed by atoms with Crippen LogP contribution in [0.5, 0.6) is 0 Å². The molecule has 2 heterocycles. The Balaban J connectivity index is 1.37. The van der Waals surface area contributed by atoms with E-state index in [-0.39, 0.29) is 17.3 Å². The zero-order valence-corrected chi connectivity index (χ0v) is 14.6. The summed E-state index contributed by atoms with van der Waals surface area (Å²) in [6, 6.07) is 3.06. The largest absolute Gasteiger partial charge is 0.383 e. The van der Waals surface area contributed by atoms with Crippen LogP contribution in [-0.2, 0) is 0 Å². The number of anilines is 1. The van der Waals surface area contributed by atoms with Crippen molar-refractivity contribution < 1.29 is 9.18 Å². The molecule has 1 amide bonds. The Labute approximate surface area is 151 Å². The molecule has 4 N–H and O–H groups in total. The van der Waals surface area contributed by atoms with Crippen molar-refractivity contribution in [2.75, 3.05) is 5.73 Å². The number of nitrogens with zero attached hydrogens (tertiary/aromatic N) is 1. The van der Waals surface area contributed by atoms with Crippen LogP contribution < -0.4 is 11.1 Å². The van der Waals surface area contributed by atoms with Gasteiger partial charge in [-0.1, -0.05) is 0 Å². The van der Waals surface area contributed by atoms with Crippen molar-refractivity contribution in [1.29, 1.82) is 0 Å². The van der Waals surface area contributed by atoms with E-state index in [0.29, 0.717) is 16.8 Å². The molecule has 0 unspecified atom stereocenters. The zero-order valence-electron chi connectivity index (χ0n) is 14.6. The SMILES string of the molecule is Nc1ncc(F)cc1-c1c[nH]c(C(=O)NC23CC4CC(CC(C4)C2)C3)c1. The number of rotatable bonds is 3. The molecule has 4 aliphatic rings. The molecule has 2 aromatic heterocycles. The summed E-state index contributed by atoms with van der Waals surface area (Å²) in [5, 5.41) is 3.34. The van der Waals surface area contributed by atoms with E-state index in [1.807, 2.05) is 0 Å². The Morgan fingerprint density at radius 3 is 2.50 bits per heavy atom. The van der Waals surface area contributed by atoms with Gasteiger partial charge in [0, 0.05) is 22.9 Å². The topological polar surface area (TPSA) is 83.8 Å². The van der Waals surface area contributed by atoms with Gasteiger partial charge in [-0.05, 0) is 68.4 Å². The molecule has 2 aromatic rings. The summed E-state index contributed by atoms with van der Waals surface area (Å²) in [5.41, 5.74) is 7.47. The first-order chi connectivity index (χ1) is 12.5. The minimum Gasteiger partial charge on any atom is -0.383 e. The van der Waals surface area contributed by atoms with Crippen LogP contribution in [0.2, 0.25) is 0 Å². The summed E-state index contributed by atoms with van der Waals surface area (Å²) >= 11 is 0. The normalized spacial score (nSPS) is 32.0. The monoisotopic (exact) mass is 354 g/mol. The Hall–Kier alpha value is -2.37. The van der Waals surface area contributed by atoms with E-state index in [1.165, 1.54) is 25.3 Å². The molecule has 6 rings (SSSR count). The molecule has 6 heteroatoms. The highest BCUT2D eigenvalue weighted by molar-refractivity contribution is 5.95. The van der Waals surface area contributed by atoms with E-state index in [9.17, 15) is 9.18 Å². The number of amides is 1. The van der Waals surface area contributed by atoms with Gasteiger partial charge in [0.25, 0.3) is 5.91 Å². The number of carbonyl (C=O) groups is 1. The third-order valence-corrected chi connectivity index (χ3v) is 6.54. The number of aromatic amines is 1. The molecule has 26 heavy (non-hydrogen) atoms. The number of pyridine rings is 1. The summed E-state index contributed by atoms with van der Waals surface area (Å²) in [7, 11) is 0. The quantitative estimate of drug-likeness (QED) is 0.789. The lowest BCUT2D eigenvalue weighted by molar-refractivity contribution is -0.0167. The maximum Gasteiger partial charge on any atom is 0.268 e. The van der Waals surface area contributed by atoms with Crippen LogP contribution in [0.4, 0.5) is 10.2 Å². The summed E-state index contributed by atoms with van der Waals surface area (Å²) in [4.78, 5) is 19.7. The lowest BCUT2D eigenvalue weighted by Gasteiger charge is -2.56. The average molecular weight is 354 g/mol.